The fraction of sp³-hybridized carbons (Fsp3) is 0.333. The highest BCUT2D eigenvalue weighted by molar-refractivity contribution is 7.89. The first-order chi connectivity index (χ1) is 12.3. The van der Waals surface area contributed by atoms with Gasteiger partial charge in [0.1, 0.15) is 5.82 Å². The highest BCUT2D eigenvalue weighted by Gasteiger charge is 2.40. The number of rotatable bonds is 4. The molecule has 0 radical (unpaired) electrons. The summed E-state index contributed by atoms with van der Waals surface area (Å²) in [5, 5.41) is 1.06. The highest BCUT2D eigenvalue weighted by atomic mass is 32.2. The van der Waals surface area contributed by atoms with Crippen LogP contribution in [0.5, 0.6) is 0 Å². The summed E-state index contributed by atoms with van der Waals surface area (Å²) in [6.07, 6.45) is 5.97. The van der Waals surface area contributed by atoms with Gasteiger partial charge in [-0.15, -0.1) is 0 Å². The van der Waals surface area contributed by atoms with Crippen molar-refractivity contribution in [1.82, 2.24) is 4.98 Å². The van der Waals surface area contributed by atoms with E-state index in [-0.39, 0.29) is 17.0 Å². The monoisotopic (exact) mass is 371 g/mol. The van der Waals surface area contributed by atoms with Crippen LogP contribution in [-0.2, 0) is 27.4 Å². The minimum Gasteiger partial charge on any atom is -0.361 e. The molecule has 1 atom stereocenters. The lowest BCUT2D eigenvalue weighted by atomic mass is 9.73. The first kappa shape index (κ1) is 17.3. The predicted molar refractivity (Wildman–Crippen MR) is 103 cm³/mol. The summed E-state index contributed by atoms with van der Waals surface area (Å²) in [4.78, 5) is 3.32. The van der Waals surface area contributed by atoms with Gasteiger partial charge in [0, 0.05) is 28.8 Å². The van der Waals surface area contributed by atoms with Crippen LogP contribution >= 0.6 is 0 Å². The number of hydrogen-bond acceptors (Lipinski definition) is 2. The lowest BCUT2D eigenvalue weighted by molar-refractivity contribution is 0.496. The molecular formula is C21H22FNO2S. The molecule has 1 aromatic heterocycles. The van der Waals surface area contributed by atoms with Gasteiger partial charge in [-0.25, -0.2) is 12.8 Å². The largest absolute Gasteiger partial charge is 0.361 e. The summed E-state index contributed by atoms with van der Waals surface area (Å²) in [7, 11) is -3.11. The Labute approximate surface area is 153 Å². The Kier molecular flexibility index (Phi) is 3.95. The van der Waals surface area contributed by atoms with Gasteiger partial charge in [-0.3, -0.25) is 0 Å². The number of aromatic amines is 1. The van der Waals surface area contributed by atoms with Crippen LogP contribution in [0.15, 0.2) is 42.6 Å². The average molecular weight is 371 g/mol. The zero-order valence-electron chi connectivity index (χ0n) is 15.0. The van der Waals surface area contributed by atoms with Crippen molar-refractivity contribution in [2.75, 3.05) is 6.26 Å². The van der Waals surface area contributed by atoms with E-state index in [9.17, 15) is 12.8 Å². The van der Waals surface area contributed by atoms with E-state index >= 15 is 0 Å². The van der Waals surface area contributed by atoms with Gasteiger partial charge >= 0.3 is 0 Å². The number of nitrogens with one attached hydrogen (secondary N) is 1. The molecule has 26 heavy (non-hydrogen) atoms. The van der Waals surface area contributed by atoms with Crippen molar-refractivity contribution in [2.24, 2.45) is 0 Å². The SMILES string of the molecule is CCC1(c2c[nH]c3c(CS(C)(=O)=O)cccc23)CCc2cc(F)ccc21. The molecule has 1 aliphatic rings. The van der Waals surface area contributed by atoms with Crippen LogP contribution in [0.3, 0.4) is 0 Å². The molecule has 0 amide bonds. The maximum absolute atomic E-state index is 13.7. The first-order valence-corrected chi connectivity index (χ1v) is 11.0. The maximum Gasteiger partial charge on any atom is 0.151 e. The number of H-pyrrole nitrogens is 1. The molecule has 0 spiro atoms. The van der Waals surface area contributed by atoms with Crippen LogP contribution in [0.4, 0.5) is 4.39 Å². The second-order valence-electron chi connectivity index (χ2n) is 7.35. The smallest absolute Gasteiger partial charge is 0.151 e. The maximum atomic E-state index is 13.7. The molecule has 1 unspecified atom stereocenters. The van der Waals surface area contributed by atoms with Gasteiger partial charge in [0.2, 0.25) is 0 Å². The number of halogens is 1. The molecule has 0 bridgehead atoms. The third kappa shape index (κ3) is 2.65. The lowest BCUT2D eigenvalue weighted by Crippen LogP contribution is -2.23. The molecule has 0 saturated heterocycles. The molecular weight excluding hydrogens is 349 g/mol. The second kappa shape index (κ2) is 5.95. The normalized spacial score (nSPS) is 19.8. The molecule has 3 aromatic rings. The Morgan fingerprint density at radius 3 is 2.73 bits per heavy atom. The third-order valence-electron chi connectivity index (χ3n) is 5.74. The van der Waals surface area contributed by atoms with Crippen LogP contribution < -0.4 is 0 Å². The van der Waals surface area contributed by atoms with E-state index < -0.39 is 9.84 Å². The number of para-hydroxylation sites is 1. The minimum absolute atomic E-state index is 0.0191. The first-order valence-electron chi connectivity index (χ1n) is 8.90. The van der Waals surface area contributed by atoms with Crippen molar-refractivity contribution in [3.8, 4) is 0 Å². The quantitative estimate of drug-likeness (QED) is 0.734. The topological polar surface area (TPSA) is 49.9 Å². The summed E-state index contributed by atoms with van der Waals surface area (Å²) in [6, 6.07) is 10.9. The van der Waals surface area contributed by atoms with E-state index in [1.165, 1.54) is 17.4 Å². The Morgan fingerprint density at radius 2 is 2.00 bits per heavy atom. The van der Waals surface area contributed by atoms with Crippen LogP contribution in [0.2, 0.25) is 0 Å². The van der Waals surface area contributed by atoms with Crippen molar-refractivity contribution < 1.29 is 12.8 Å². The summed E-state index contributed by atoms with van der Waals surface area (Å²) in [6.45, 7) is 2.16. The third-order valence-corrected chi connectivity index (χ3v) is 6.58. The highest BCUT2D eigenvalue weighted by Crippen LogP contribution is 2.49. The molecule has 4 rings (SSSR count). The summed E-state index contributed by atoms with van der Waals surface area (Å²) in [5.41, 5.74) is 4.96. The summed E-state index contributed by atoms with van der Waals surface area (Å²) in [5.74, 6) is -0.171. The van der Waals surface area contributed by atoms with Crippen LogP contribution in [0.25, 0.3) is 10.9 Å². The molecule has 1 heterocycles. The number of aromatic nitrogens is 1. The number of benzene rings is 2. The van der Waals surface area contributed by atoms with E-state index in [1.807, 2.05) is 30.5 Å². The van der Waals surface area contributed by atoms with E-state index in [4.69, 9.17) is 0 Å². The number of fused-ring (bicyclic) bond motifs is 2. The van der Waals surface area contributed by atoms with Gasteiger partial charge in [-0.1, -0.05) is 31.2 Å². The molecule has 1 N–H and O–H groups in total. The zero-order chi connectivity index (χ0) is 18.5. The van der Waals surface area contributed by atoms with Gasteiger partial charge < -0.3 is 4.98 Å². The molecule has 3 nitrogen and oxygen atoms in total. The Morgan fingerprint density at radius 1 is 1.19 bits per heavy atom. The fourth-order valence-corrected chi connectivity index (χ4v) is 5.38. The average Bonchev–Trinajstić information content (AvgIpc) is 3.16. The Hall–Kier alpha value is -2.14. The number of sulfone groups is 1. The second-order valence-corrected chi connectivity index (χ2v) is 9.49. The van der Waals surface area contributed by atoms with Crippen molar-refractivity contribution in [2.45, 2.75) is 37.4 Å². The molecule has 136 valence electrons. The molecule has 2 aromatic carbocycles. The molecule has 1 aliphatic carbocycles. The van der Waals surface area contributed by atoms with Crippen molar-refractivity contribution in [3.05, 3.63) is 70.7 Å². The summed E-state index contributed by atoms with van der Waals surface area (Å²) >= 11 is 0. The van der Waals surface area contributed by atoms with Gasteiger partial charge in [0.05, 0.1) is 5.75 Å². The van der Waals surface area contributed by atoms with E-state index in [0.29, 0.717) is 0 Å². The summed E-state index contributed by atoms with van der Waals surface area (Å²) < 4.78 is 37.2. The molecule has 0 aliphatic heterocycles. The molecule has 5 heteroatoms. The van der Waals surface area contributed by atoms with Gasteiger partial charge in [-0.05, 0) is 53.6 Å². The zero-order valence-corrected chi connectivity index (χ0v) is 15.8. The van der Waals surface area contributed by atoms with Gasteiger partial charge in [-0.2, -0.15) is 0 Å². The van der Waals surface area contributed by atoms with Crippen molar-refractivity contribution >= 4 is 20.7 Å². The minimum atomic E-state index is -3.11. The molecule has 0 saturated carbocycles. The van der Waals surface area contributed by atoms with Crippen molar-refractivity contribution in [3.63, 3.8) is 0 Å². The lowest BCUT2D eigenvalue weighted by Gasteiger charge is -2.29. The van der Waals surface area contributed by atoms with E-state index in [0.717, 1.165) is 41.3 Å². The van der Waals surface area contributed by atoms with Crippen LogP contribution in [0, 0.1) is 5.82 Å². The van der Waals surface area contributed by atoms with Gasteiger partial charge in [0.25, 0.3) is 0 Å². The van der Waals surface area contributed by atoms with E-state index in [1.54, 1.807) is 12.1 Å². The van der Waals surface area contributed by atoms with Crippen LogP contribution in [0.1, 0.15) is 42.0 Å². The van der Waals surface area contributed by atoms with Crippen LogP contribution in [-0.4, -0.2) is 19.7 Å². The number of aryl methyl sites for hydroxylation is 1. The van der Waals surface area contributed by atoms with Gasteiger partial charge in [0.15, 0.2) is 9.84 Å². The molecule has 0 fully saturated rings. The Balaban J connectivity index is 1.91. The predicted octanol–water partition coefficient (Wildman–Crippen LogP) is 4.49. The number of hydrogen-bond donors (Lipinski definition) is 1. The standard InChI is InChI=1S/C21H22FNO2S/c1-3-21(10-9-14-11-16(22)7-8-18(14)21)19-12-23-20-15(13-26(2,24)25)5-4-6-17(19)20/h4-8,11-12,23H,3,9-10,13H2,1-2H3. The van der Waals surface area contributed by atoms with E-state index in [2.05, 4.69) is 11.9 Å². The fourth-order valence-electron chi connectivity index (χ4n) is 4.57. The Bertz CT molecular complexity index is 1100. The van der Waals surface area contributed by atoms with Crippen molar-refractivity contribution in [1.29, 1.82) is 0 Å².